The van der Waals surface area contributed by atoms with E-state index in [1.54, 1.807) is 6.07 Å². The summed E-state index contributed by atoms with van der Waals surface area (Å²) < 4.78 is 13.8. The summed E-state index contributed by atoms with van der Waals surface area (Å²) in [7, 11) is 2.12. The first-order valence-electron chi connectivity index (χ1n) is 5.47. The van der Waals surface area contributed by atoms with Crippen LogP contribution in [0, 0.1) is 12.7 Å². The highest BCUT2D eigenvalue weighted by atomic mass is 79.9. The van der Waals surface area contributed by atoms with Gasteiger partial charge in [0.25, 0.3) is 0 Å². The molecule has 2 rings (SSSR count). The Morgan fingerprint density at radius 2 is 2.25 bits per heavy atom. The van der Waals surface area contributed by atoms with E-state index in [1.807, 2.05) is 13.0 Å². The number of hydrogen-bond donors (Lipinski definition) is 1. The molecule has 1 aliphatic rings. The van der Waals surface area contributed by atoms with E-state index in [4.69, 9.17) is 0 Å². The first-order chi connectivity index (χ1) is 7.56. The number of aryl methyl sites for hydroxylation is 1. The number of anilines is 1. The fourth-order valence-electron chi connectivity index (χ4n) is 2.07. The summed E-state index contributed by atoms with van der Waals surface area (Å²) in [6.07, 6.45) is 1.14. The van der Waals surface area contributed by atoms with E-state index in [-0.39, 0.29) is 5.82 Å². The Hall–Kier alpha value is -0.610. The predicted molar refractivity (Wildman–Crippen MR) is 68.4 cm³/mol. The Morgan fingerprint density at radius 1 is 1.50 bits per heavy atom. The predicted octanol–water partition coefficient (Wildman–Crippen LogP) is 3.01. The van der Waals surface area contributed by atoms with Crippen LogP contribution in [0.25, 0.3) is 0 Å². The van der Waals surface area contributed by atoms with Crippen LogP contribution in [0.15, 0.2) is 16.6 Å². The maximum atomic E-state index is 13.3. The maximum absolute atomic E-state index is 13.3. The minimum atomic E-state index is -0.202. The third-order valence-corrected chi connectivity index (χ3v) is 3.63. The average molecular weight is 287 g/mol. The molecule has 0 spiro atoms. The van der Waals surface area contributed by atoms with Crippen LogP contribution < -0.4 is 5.32 Å². The van der Waals surface area contributed by atoms with Crippen LogP contribution in [-0.2, 0) is 0 Å². The molecule has 2 nitrogen and oxygen atoms in total. The van der Waals surface area contributed by atoms with E-state index in [2.05, 4.69) is 33.2 Å². The van der Waals surface area contributed by atoms with Gasteiger partial charge in [-0.25, -0.2) is 4.39 Å². The van der Waals surface area contributed by atoms with Crippen molar-refractivity contribution >= 4 is 21.6 Å². The van der Waals surface area contributed by atoms with E-state index in [0.717, 1.165) is 30.8 Å². The number of benzene rings is 1. The van der Waals surface area contributed by atoms with Gasteiger partial charge in [-0.2, -0.15) is 0 Å². The van der Waals surface area contributed by atoms with E-state index in [9.17, 15) is 4.39 Å². The summed E-state index contributed by atoms with van der Waals surface area (Å²) in [6.45, 7) is 4.10. The highest BCUT2D eigenvalue weighted by molar-refractivity contribution is 9.10. The van der Waals surface area contributed by atoms with Crippen molar-refractivity contribution in [1.29, 1.82) is 0 Å². The van der Waals surface area contributed by atoms with Gasteiger partial charge >= 0.3 is 0 Å². The van der Waals surface area contributed by atoms with Crippen molar-refractivity contribution in [3.63, 3.8) is 0 Å². The molecule has 1 fully saturated rings. The molecule has 0 bridgehead atoms. The molecule has 0 aromatic heterocycles. The Balaban J connectivity index is 2.12. The summed E-state index contributed by atoms with van der Waals surface area (Å²) in [5.41, 5.74) is 1.98. The van der Waals surface area contributed by atoms with Crippen LogP contribution in [0.4, 0.5) is 10.1 Å². The smallest absolute Gasteiger partial charge is 0.137 e. The molecule has 1 unspecified atom stereocenters. The fraction of sp³-hybridized carbons (Fsp3) is 0.500. The summed E-state index contributed by atoms with van der Waals surface area (Å²) in [5.74, 6) is -0.202. The van der Waals surface area contributed by atoms with E-state index in [1.165, 1.54) is 0 Å². The zero-order valence-electron chi connectivity index (χ0n) is 9.56. The SMILES string of the molecule is Cc1cc(F)c(Br)cc1NC1CCN(C)C1. The Bertz CT molecular complexity index is 395. The summed E-state index contributed by atoms with van der Waals surface area (Å²) in [4.78, 5) is 2.30. The Labute approximate surface area is 104 Å². The molecule has 0 saturated carbocycles. The minimum absolute atomic E-state index is 0.202. The lowest BCUT2D eigenvalue weighted by atomic mass is 10.1. The summed E-state index contributed by atoms with van der Waals surface area (Å²) in [5, 5.41) is 3.47. The molecule has 1 saturated heterocycles. The number of hydrogen-bond acceptors (Lipinski definition) is 2. The van der Waals surface area contributed by atoms with Gasteiger partial charge in [0.15, 0.2) is 0 Å². The lowest BCUT2D eigenvalue weighted by Gasteiger charge is -2.16. The lowest BCUT2D eigenvalue weighted by Crippen LogP contribution is -2.23. The van der Waals surface area contributed by atoms with Gasteiger partial charge in [-0.05, 0) is 60.6 Å². The molecule has 1 aromatic rings. The molecule has 1 N–H and O–H groups in total. The third kappa shape index (κ3) is 2.55. The highest BCUT2D eigenvalue weighted by Gasteiger charge is 2.19. The molecular formula is C12H16BrFN2. The van der Waals surface area contributed by atoms with Crippen molar-refractivity contribution in [3.8, 4) is 0 Å². The van der Waals surface area contributed by atoms with Crippen molar-refractivity contribution in [1.82, 2.24) is 4.90 Å². The van der Waals surface area contributed by atoms with Gasteiger partial charge < -0.3 is 10.2 Å². The molecule has 0 aliphatic carbocycles. The first kappa shape index (κ1) is 11.9. The Morgan fingerprint density at radius 3 is 2.88 bits per heavy atom. The van der Waals surface area contributed by atoms with Crippen molar-refractivity contribution in [2.75, 3.05) is 25.5 Å². The van der Waals surface area contributed by atoms with Crippen LogP contribution >= 0.6 is 15.9 Å². The second-order valence-corrected chi connectivity index (χ2v) is 5.33. The van der Waals surface area contributed by atoms with Crippen LogP contribution in [-0.4, -0.2) is 31.1 Å². The van der Waals surface area contributed by atoms with Gasteiger partial charge in [0.2, 0.25) is 0 Å². The molecule has 1 aromatic carbocycles. The molecular weight excluding hydrogens is 271 g/mol. The number of likely N-dealkylation sites (N-methyl/N-ethyl adjacent to an activating group) is 1. The second-order valence-electron chi connectivity index (χ2n) is 4.47. The van der Waals surface area contributed by atoms with E-state index >= 15 is 0 Å². The Kier molecular flexibility index (Phi) is 3.50. The van der Waals surface area contributed by atoms with Gasteiger partial charge in [0.1, 0.15) is 5.82 Å². The fourth-order valence-corrected chi connectivity index (χ4v) is 2.42. The summed E-state index contributed by atoms with van der Waals surface area (Å²) in [6, 6.07) is 3.86. The maximum Gasteiger partial charge on any atom is 0.137 e. The van der Waals surface area contributed by atoms with Crippen LogP contribution in [0.2, 0.25) is 0 Å². The monoisotopic (exact) mass is 286 g/mol. The molecule has 0 radical (unpaired) electrons. The highest BCUT2D eigenvalue weighted by Crippen LogP contribution is 2.25. The second kappa shape index (κ2) is 4.72. The van der Waals surface area contributed by atoms with E-state index < -0.39 is 0 Å². The molecule has 1 atom stereocenters. The van der Waals surface area contributed by atoms with Crippen LogP contribution in [0.3, 0.4) is 0 Å². The van der Waals surface area contributed by atoms with Gasteiger partial charge in [-0.3, -0.25) is 0 Å². The zero-order valence-corrected chi connectivity index (χ0v) is 11.1. The topological polar surface area (TPSA) is 15.3 Å². The standard InChI is InChI=1S/C12H16BrFN2/c1-8-5-11(14)10(13)6-12(8)15-9-3-4-16(2)7-9/h5-6,9,15H,3-4,7H2,1-2H3. The third-order valence-electron chi connectivity index (χ3n) is 3.02. The quantitative estimate of drug-likeness (QED) is 0.899. The number of nitrogens with one attached hydrogen (secondary N) is 1. The zero-order chi connectivity index (χ0) is 11.7. The number of halogens is 2. The van der Waals surface area contributed by atoms with Gasteiger partial charge in [0, 0.05) is 18.3 Å². The first-order valence-corrected chi connectivity index (χ1v) is 6.26. The average Bonchev–Trinajstić information content (AvgIpc) is 2.60. The van der Waals surface area contributed by atoms with Crippen LogP contribution in [0.1, 0.15) is 12.0 Å². The largest absolute Gasteiger partial charge is 0.381 e. The minimum Gasteiger partial charge on any atom is -0.381 e. The molecule has 1 aliphatic heterocycles. The van der Waals surface area contributed by atoms with Gasteiger partial charge in [0.05, 0.1) is 4.47 Å². The van der Waals surface area contributed by atoms with Crippen LogP contribution in [0.5, 0.6) is 0 Å². The molecule has 16 heavy (non-hydrogen) atoms. The van der Waals surface area contributed by atoms with Crippen molar-refractivity contribution < 1.29 is 4.39 Å². The lowest BCUT2D eigenvalue weighted by molar-refractivity contribution is 0.414. The van der Waals surface area contributed by atoms with E-state index in [0.29, 0.717) is 10.5 Å². The molecule has 1 heterocycles. The molecule has 4 heteroatoms. The van der Waals surface area contributed by atoms with Crippen molar-refractivity contribution in [2.45, 2.75) is 19.4 Å². The van der Waals surface area contributed by atoms with Crippen molar-refractivity contribution in [3.05, 3.63) is 28.0 Å². The van der Waals surface area contributed by atoms with Crippen molar-refractivity contribution in [2.24, 2.45) is 0 Å². The number of nitrogens with zero attached hydrogens (tertiary/aromatic N) is 1. The summed E-state index contributed by atoms with van der Waals surface area (Å²) >= 11 is 3.22. The molecule has 88 valence electrons. The van der Waals surface area contributed by atoms with Gasteiger partial charge in [-0.15, -0.1) is 0 Å². The molecule has 0 amide bonds. The number of likely N-dealkylation sites (tertiary alicyclic amines) is 1. The number of rotatable bonds is 2. The normalized spacial score (nSPS) is 21.4. The van der Waals surface area contributed by atoms with Gasteiger partial charge in [-0.1, -0.05) is 0 Å².